The smallest absolute Gasteiger partial charge is 0.262 e. The number of rotatable bonds is 11. The number of fused-ring (bicyclic) bond motifs is 1. The van der Waals surface area contributed by atoms with Gasteiger partial charge in [0.2, 0.25) is 0 Å². The van der Waals surface area contributed by atoms with E-state index in [0.29, 0.717) is 29.4 Å². The molecule has 2 amide bonds. The molecule has 0 aliphatic heterocycles. The maximum Gasteiger partial charge on any atom is 0.262 e. The second-order valence-electron chi connectivity index (χ2n) is 8.80. The summed E-state index contributed by atoms with van der Waals surface area (Å²) in [6.07, 6.45) is 4.06. The molecule has 1 atom stereocenters. The van der Waals surface area contributed by atoms with E-state index >= 15 is 0 Å². The van der Waals surface area contributed by atoms with Crippen LogP contribution in [0.3, 0.4) is 0 Å². The Labute approximate surface area is 211 Å². The van der Waals surface area contributed by atoms with E-state index < -0.39 is 6.04 Å². The summed E-state index contributed by atoms with van der Waals surface area (Å²) in [5.41, 5.74) is 3.83. The molecule has 6 nitrogen and oxygen atoms in total. The summed E-state index contributed by atoms with van der Waals surface area (Å²) < 4.78 is 5.98. The van der Waals surface area contributed by atoms with Gasteiger partial charge in [0.25, 0.3) is 11.8 Å². The molecular weight excluding hydrogens is 462 g/mol. The summed E-state index contributed by atoms with van der Waals surface area (Å²) in [7, 11) is 0. The number of hydrazone groups is 1. The van der Waals surface area contributed by atoms with Gasteiger partial charge >= 0.3 is 0 Å². The Bertz CT molecular complexity index is 1180. The fraction of sp³-hybridized carbons (Fsp3) is 0.321. The predicted molar refractivity (Wildman–Crippen MR) is 142 cm³/mol. The zero-order chi connectivity index (χ0) is 25.2. The Hall–Kier alpha value is -3.38. The zero-order valence-electron chi connectivity index (χ0n) is 20.4. The van der Waals surface area contributed by atoms with Crippen molar-refractivity contribution >= 4 is 40.4 Å². The van der Waals surface area contributed by atoms with Crippen LogP contribution in [-0.2, 0) is 4.79 Å². The van der Waals surface area contributed by atoms with Crippen LogP contribution >= 0.6 is 11.6 Å². The molecule has 7 heteroatoms. The fourth-order valence-corrected chi connectivity index (χ4v) is 3.77. The highest BCUT2D eigenvalue weighted by Crippen LogP contribution is 2.27. The lowest BCUT2D eigenvalue weighted by molar-refractivity contribution is -0.123. The van der Waals surface area contributed by atoms with Crippen molar-refractivity contribution < 1.29 is 14.3 Å². The molecule has 184 valence electrons. The van der Waals surface area contributed by atoms with E-state index in [0.717, 1.165) is 29.2 Å². The van der Waals surface area contributed by atoms with Crippen molar-refractivity contribution in [2.45, 2.75) is 46.1 Å². The lowest BCUT2D eigenvalue weighted by Crippen LogP contribution is -2.46. The highest BCUT2D eigenvalue weighted by molar-refractivity contribution is 6.30. The third-order valence-corrected chi connectivity index (χ3v) is 5.74. The van der Waals surface area contributed by atoms with Crippen molar-refractivity contribution in [2.24, 2.45) is 11.0 Å². The van der Waals surface area contributed by atoms with Crippen molar-refractivity contribution in [3.05, 3.63) is 76.8 Å². The second-order valence-corrected chi connectivity index (χ2v) is 9.23. The number of halogens is 1. The number of unbranched alkanes of at least 4 members (excludes halogenated alkanes) is 1. The Balaban J connectivity index is 1.76. The van der Waals surface area contributed by atoms with Gasteiger partial charge in [-0.05, 0) is 59.9 Å². The first-order valence-electron chi connectivity index (χ1n) is 11.9. The minimum absolute atomic E-state index is 0.192. The minimum Gasteiger partial charge on any atom is -0.493 e. The van der Waals surface area contributed by atoms with Gasteiger partial charge in [-0.1, -0.05) is 69.1 Å². The molecular formula is C28H32ClN3O3. The van der Waals surface area contributed by atoms with Crippen LogP contribution in [0.1, 0.15) is 56.0 Å². The number of ether oxygens (including phenoxy) is 1. The number of carbonyl (C=O) groups excluding carboxylic acids is 2. The molecule has 0 radical (unpaired) electrons. The molecule has 0 aliphatic carbocycles. The van der Waals surface area contributed by atoms with Crippen molar-refractivity contribution in [3.8, 4) is 5.75 Å². The van der Waals surface area contributed by atoms with Crippen LogP contribution in [0.5, 0.6) is 5.75 Å². The summed E-state index contributed by atoms with van der Waals surface area (Å²) in [6.45, 7) is 6.71. The average Bonchev–Trinajstić information content (AvgIpc) is 2.84. The van der Waals surface area contributed by atoms with E-state index in [9.17, 15) is 9.59 Å². The lowest BCUT2D eigenvalue weighted by Gasteiger charge is -2.19. The molecule has 2 N–H and O–H groups in total. The third kappa shape index (κ3) is 7.55. The van der Waals surface area contributed by atoms with Crippen molar-refractivity contribution in [2.75, 3.05) is 6.61 Å². The molecule has 0 bridgehead atoms. The Morgan fingerprint density at radius 1 is 1.06 bits per heavy atom. The first-order valence-corrected chi connectivity index (χ1v) is 12.3. The molecule has 3 aromatic carbocycles. The van der Waals surface area contributed by atoms with Gasteiger partial charge in [0.15, 0.2) is 0 Å². The maximum atomic E-state index is 13.0. The Morgan fingerprint density at radius 3 is 2.51 bits per heavy atom. The number of nitrogens with zero attached hydrogens (tertiary/aromatic N) is 1. The van der Waals surface area contributed by atoms with E-state index in [-0.39, 0.29) is 17.7 Å². The molecule has 0 saturated heterocycles. The number of nitrogens with one attached hydrogen (secondary N) is 2. The van der Waals surface area contributed by atoms with Gasteiger partial charge in [-0.2, -0.15) is 5.10 Å². The molecule has 3 aromatic rings. The number of hydrogen-bond donors (Lipinski definition) is 2. The topological polar surface area (TPSA) is 79.8 Å². The number of amides is 2. The third-order valence-electron chi connectivity index (χ3n) is 5.49. The minimum atomic E-state index is -0.733. The van der Waals surface area contributed by atoms with Crippen molar-refractivity contribution in [1.82, 2.24) is 10.7 Å². The van der Waals surface area contributed by atoms with Crippen LogP contribution in [0.4, 0.5) is 0 Å². The van der Waals surface area contributed by atoms with Crippen molar-refractivity contribution in [1.29, 1.82) is 0 Å². The molecule has 0 fully saturated rings. The highest BCUT2D eigenvalue weighted by atomic mass is 35.5. The monoisotopic (exact) mass is 493 g/mol. The quantitative estimate of drug-likeness (QED) is 0.196. The molecule has 0 heterocycles. The Morgan fingerprint density at radius 2 is 1.80 bits per heavy atom. The van der Waals surface area contributed by atoms with E-state index in [2.05, 4.69) is 22.8 Å². The van der Waals surface area contributed by atoms with E-state index in [1.807, 2.05) is 50.2 Å². The molecule has 0 spiro atoms. The first kappa shape index (κ1) is 26.2. The average molecular weight is 494 g/mol. The van der Waals surface area contributed by atoms with Gasteiger partial charge in [0.1, 0.15) is 11.8 Å². The van der Waals surface area contributed by atoms with Gasteiger partial charge in [0.05, 0.1) is 12.8 Å². The first-order chi connectivity index (χ1) is 16.9. The SMILES string of the molecule is CCCCOc1ccc2ccccc2c1C=NNC(=O)C(CC(C)C)NC(=O)c1ccc(Cl)cc1. The molecule has 0 aliphatic rings. The standard InChI is InChI=1S/C28H32ClN3O3/c1-4-5-16-35-26-15-12-20-8-6-7-9-23(20)24(26)18-30-32-28(34)25(17-19(2)3)31-27(33)21-10-13-22(29)14-11-21/h6-15,18-19,25H,4-5,16-17H2,1-3H3,(H,31,33)(H,32,34). The summed E-state index contributed by atoms with van der Waals surface area (Å²) in [5, 5.41) is 9.62. The van der Waals surface area contributed by atoms with Gasteiger partial charge in [-0.3, -0.25) is 9.59 Å². The number of benzene rings is 3. The number of carbonyl (C=O) groups is 2. The molecule has 35 heavy (non-hydrogen) atoms. The zero-order valence-corrected chi connectivity index (χ0v) is 21.1. The Kier molecular flexibility index (Phi) is 9.67. The van der Waals surface area contributed by atoms with E-state index in [1.54, 1.807) is 30.5 Å². The lowest BCUT2D eigenvalue weighted by atomic mass is 10.0. The van der Waals surface area contributed by atoms with E-state index in [1.165, 1.54) is 0 Å². The van der Waals surface area contributed by atoms with Gasteiger partial charge in [-0.25, -0.2) is 5.43 Å². The molecule has 0 aromatic heterocycles. The summed E-state index contributed by atoms with van der Waals surface area (Å²) in [4.78, 5) is 25.6. The highest BCUT2D eigenvalue weighted by Gasteiger charge is 2.22. The second kappa shape index (κ2) is 12.9. The molecule has 1 unspecified atom stereocenters. The predicted octanol–water partition coefficient (Wildman–Crippen LogP) is 5.97. The number of hydrogen-bond acceptors (Lipinski definition) is 4. The van der Waals surface area contributed by atoms with Crippen LogP contribution in [0.25, 0.3) is 10.8 Å². The van der Waals surface area contributed by atoms with Gasteiger partial charge < -0.3 is 10.1 Å². The van der Waals surface area contributed by atoms with Crippen molar-refractivity contribution in [3.63, 3.8) is 0 Å². The normalized spacial score (nSPS) is 12.1. The molecule has 0 saturated carbocycles. The van der Waals surface area contributed by atoms with Crippen LogP contribution in [0.2, 0.25) is 5.02 Å². The molecule has 3 rings (SSSR count). The van der Waals surface area contributed by atoms with E-state index in [4.69, 9.17) is 16.3 Å². The largest absolute Gasteiger partial charge is 0.493 e. The van der Waals surface area contributed by atoms with Gasteiger partial charge in [0, 0.05) is 16.1 Å². The summed E-state index contributed by atoms with van der Waals surface area (Å²) in [6, 6.07) is 17.7. The van der Waals surface area contributed by atoms with Crippen LogP contribution in [0.15, 0.2) is 65.8 Å². The van der Waals surface area contributed by atoms with Crippen LogP contribution in [-0.4, -0.2) is 30.7 Å². The fourth-order valence-electron chi connectivity index (χ4n) is 3.65. The maximum absolute atomic E-state index is 13.0. The van der Waals surface area contributed by atoms with Crippen LogP contribution < -0.4 is 15.5 Å². The summed E-state index contributed by atoms with van der Waals surface area (Å²) >= 11 is 5.91. The van der Waals surface area contributed by atoms with Gasteiger partial charge in [-0.15, -0.1) is 0 Å². The van der Waals surface area contributed by atoms with Crippen LogP contribution in [0, 0.1) is 5.92 Å². The summed E-state index contributed by atoms with van der Waals surface area (Å²) in [5.74, 6) is 0.180.